The molecule has 0 aromatic heterocycles. The van der Waals surface area contributed by atoms with Crippen molar-refractivity contribution in [1.82, 2.24) is 5.32 Å². The highest BCUT2D eigenvalue weighted by Crippen LogP contribution is 2.26. The first-order valence-corrected chi connectivity index (χ1v) is 34.4. The van der Waals surface area contributed by atoms with Crippen molar-refractivity contribution < 1.29 is 49.3 Å². The molecule has 8 unspecified atom stereocenters. The third-order valence-corrected chi connectivity index (χ3v) is 15.8. The maximum absolute atomic E-state index is 13.4. The van der Waals surface area contributed by atoms with Crippen LogP contribution in [0.15, 0.2) is 85.1 Å². The molecule has 83 heavy (non-hydrogen) atoms. The quantitative estimate of drug-likeness (QED) is 0.0195. The van der Waals surface area contributed by atoms with E-state index in [-0.39, 0.29) is 19.4 Å². The summed E-state index contributed by atoms with van der Waals surface area (Å²) in [5.74, 6) is -1.22. The number of ether oxygens (including phenoxy) is 3. The fourth-order valence-electron chi connectivity index (χ4n) is 10.3. The molecule has 1 heterocycles. The van der Waals surface area contributed by atoms with E-state index in [1.165, 1.54) is 161 Å². The number of nitrogens with one attached hydrogen (secondary N) is 1. The molecule has 1 fully saturated rings. The molecule has 480 valence electrons. The van der Waals surface area contributed by atoms with Crippen LogP contribution in [-0.4, -0.2) is 99.6 Å². The number of hydrogen-bond acceptors (Lipinski definition) is 10. The minimum Gasteiger partial charge on any atom is -0.454 e. The molecule has 0 aromatic carbocycles. The monoisotopic (exact) mass is 1170 g/mol. The van der Waals surface area contributed by atoms with E-state index in [1.54, 1.807) is 6.08 Å². The van der Waals surface area contributed by atoms with Gasteiger partial charge in [-0.25, -0.2) is 0 Å². The van der Waals surface area contributed by atoms with Crippen LogP contribution in [0.25, 0.3) is 0 Å². The zero-order valence-corrected chi connectivity index (χ0v) is 53.3. The second-order valence-corrected chi connectivity index (χ2v) is 23.6. The Kier molecular flexibility index (Phi) is 55.5. The van der Waals surface area contributed by atoms with Crippen LogP contribution in [0.4, 0.5) is 0 Å². The zero-order valence-electron chi connectivity index (χ0n) is 53.3. The van der Waals surface area contributed by atoms with Crippen molar-refractivity contribution in [3.63, 3.8) is 0 Å². The lowest BCUT2D eigenvalue weighted by molar-refractivity contribution is -0.305. The van der Waals surface area contributed by atoms with E-state index in [2.05, 4.69) is 99.0 Å². The predicted octanol–water partition coefficient (Wildman–Crippen LogP) is 17.3. The normalized spacial score (nSPS) is 19.1. The predicted molar refractivity (Wildman–Crippen MR) is 347 cm³/mol. The van der Waals surface area contributed by atoms with Gasteiger partial charge in [-0.3, -0.25) is 9.59 Å². The Hall–Kier alpha value is -3.16. The lowest BCUT2D eigenvalue weighted by Gasteiger charge is -2.41. The molecule has 6 N–H and O–H groups in total. The van der Waals surface area contributed by atoms with E-state index in [9.17, 15) is 35.1 Å². The van der Waals surface area contributed by atoms with Crippen LogP contribution in [0.1, 0.15) is 297 Å². The lowest BCUT2D eigenvalue weighted by Crippen LogP contribution is -2.61. The second-order valence-electron chi connectivity index (χ2n) is 23.6. The zero-order chi connectivity index (χ0) is 60.3. The molecular weight excluding hydrogens is 1040 g/mol. The number of rotatable bonds is 58. The Morgan fingerprint density at radius 3 is 1.27 bits per heavy atom. The lowest BCUT2D eigenvalue weighted by atomic mass is 9.99. The first-order chi connectivity index (χ1) is 40.7. The van der Waals surface area contributed by atoms with Gasteiger partial charge in [-0.1, -0.05) is 273 Å². The first-order valence-electron chi connectivity index (χ1n) is 34.4. The molecule has 0 radical (unpaired) electrons. The highest BCUT2D eigenvalue weighted by atomic mass is 16.7. The van der Waals surface area contributed by atoms with Gasteiger partial charge in [-0.15, -0.1) is 0 Å². The van der Waals surface area contributed by atoms with E-state index in [0.29, 0.717) is 12.8 Å². The molecule has 1 aliphatic heterocycles. The summed E-state index contributed by atoms with van der Waals surface area (Å²) in [4.78, 5) is 26.6. The van der Waals surface area contributed by atoms with Gasteiger partial charge in [0.25, 0.3) is 0 Å². The minimum absolute atomic E-state index is 0.116. The molecule has 11 heteroatoms. The van der Waals surface area contributed by atoms with Crippen molar-refractivity contribution in [2.75, 3.05) is 13.2 Å². The standard InChI is InChI=1S/C72H127NO10/c1-4-7-10-13-16-19-22-25-27-29-30-31-32-33-34-35-36-37-39-42-45-48-51-54-57-60-67(77)83-70-69(79)68(78)66(61-74)82-72(70)81-62-63(64(75)58-55-52-49-46-43-40-24-21-18-15-12-9-6-3)73-71(80)65(76)59-56-53-50-47-44-41-38-28-26-23-20-17-14-11-8-5-2/h16-17,19-20,25-28,30-31,41,44,55,58,63-66,68-70,72,74-76,78-79H,4-15,18,21-24,29,32-40,42-43,45-54,56-57,59-62H2,1-3H3,(H,73,80)/b19-16-,20-17-,27-25-,28-26-,31-30-,44-41-,58-55+. The van der Waals surface area contributed by atoms with Crippen molar-refractivity contribution >= 4 is 11.9 Å². The topological polar surface area (TPSA) is 175 Å². The number of carbonyl (C=O) groups is 2. The molecule has 1 aliphatic rings. The van der Waals surface area contributed by atoms with Crippen LogP contribution >= 0.6 is 0 Å². The molecule has 0 aliphatic carbocycles. The molecule has 11 nitrogen and oxygen atoms in total. The van der Waals surface area contributed by atoms with Gasteiger partial charge in [0.15, 0.2) is 12.4 Å². The number of allylic oxidation sites excluding steroid dienone is 13. The SMILES string of the molecule is CCCCC/C=C\C/C=C\C/C=C\CCCCCCCCCCCCCCC(=O)OC1C(OCC(NC(=O)C(O)CCCCC/C=C\C/C=C\C/C=C\CCCCC)C(O)/C=C/CCCCCCCCCCCCC)OC(CO)C(O)C1O. The molecule has 0 aromatic rings. The molecule has 0 saturated carbocycles. The Labute approximate surface area is 508 Å². The average Bonchev–Trinajstić information content (AvgIpc) is 3.58. The maximum Gasteiger partial charge on any atom is 0.306 e. The van der Waals surface area contributed by atoms with Crippen LogP contribution < -0.4 is 5.32 Å². The third kappa shape index (κ3) is 46.7. The van der Waals surface area contributed by atoms with E-state index < -0.39 is 67.4 Å². The molecule has 1 amide bonds. The van der Waals surface area contributed by atoms with E-state index in [4.69, 9.17) is 14.2 Å². The Morgan fingerprint density at radius 2 is 0.831 bits per heavy atom. The van der Waals surface area contributed by atoms with Gasteiger partial charge < -0.3 is 45.1 Å². The summed E-state index contributed by atoms with van der Waals surface area (Å²) in [5, 5.41) is 57.1. The number of unbranched alkanes of at least 4 members (excludes halogenated alkanes) is 32. The van der Waals surface area contributed by atoms with Crippen molar-refractivity contribution in [3.8, 4) is 0 Å². The highest BCUT2D eigenvalue weighted by molar-refractivity contribution is 5.80. The van der Waals surface area contributed by atoms with Crippen molar-refractivity contribution in [2.45, 2.75) is 346 Å². The van der Waals surface area contributed by atoms with Gasteiger partial charge in [0.2, 0.25) is 5.91 Å². The van der Waals surface area contributed by atoms with Gasteiger partial charge in [0, 0.05) is 6.42 Å². The van der Waals surface area contributed by atoms with E-state index in [0.717, 1.165) is 89.9 Å². The molecule has 0 spiro atoms. The van der Waals surface area contributed by atoms with Gasteiger partial charge in [0.05, 0.1) is 25.4 Å². The van der Waals surface area contributed by atoms with Crippen LogP contribution in [-0.2, 0) is 23.8 Å². The maximum atomic E-state index is 13.4. The summed E-state index contributed by atoms with van der Waals surface area (Å²) in [6, 6.07) is -1.04. The summed E-state index contributed by atoms with van der Waals surface area (Å²) >= 11 is 0. The minimum atomic E-state index is -1.62. The smallest absolute Gasteiger partial charge is 0.306 e. The third-order valence-electron chi connectivity index (χ3n) is 15.8. The van der Waals surface area contributed by atoms with Gasteiger partial charge in [-0.05, 0) is 103 Å². The van der Waals surface area contributed by atoms with Crippen LogP contribution in [0.3, 0.4) is 0 Å². The van der Waals surface area contributed by atoms with E-state index in [1.807, 2.05) is 6.08 Å². The Balaban J connectivity index is 2.61. The number of amides is 1. The largest absolute Gasteiger partial charge is 0.454 e. The molecule has 1 rings (SSSR count). The fraction of sp³-hybridized carbons (Fsp3) is 0.778. The van der Waals surface area contributed by atoms with Crippen molar-refractivity contribution in [3.05, 3.63) is 85.1 Å². The average molecular weight is 1170 g/mol. The number of hydrogen-bond donors (Lipinski definition) is 6. The van der Waals surface area contributed by atoms with Gasteiger partial charge in [0.1, 0.15) is 24.4 Å². The van der Waals surface area contributed by atoms with Crippen molar-refractivity contribution in [1.29, 1.82) is 0 Å². The summed E-state index contributed by atoms with van der Waals surface area (Å²) in [6.07, 6.45) is 67.6. The van der Waals surface area contributed by atoms with E-state index >= 15 is 0 Å². The second kappa shape index (κ2) is 59.2. The number of carbonyl (C=O) groups excluding carboxylic acids is 2. The van der Waals surface area contributed by atoms with Crippen molar-refractivity contribution in [2.24, 2.45) is 0 Å². The summed E-state index contributed by atoms with van der Waals surface area (Å²) in [5.41, 5.74) is 0. The van der Waals surface area contributed by atoms with Crippen LogP contribution in [0.2, 0.25) is 0 Å². The molecule has 1 saturated heterocycles. The molecule has 0 bridgehead atoms. The number of aliphatic hydroxyl groups excluding tert-OH is 5. The van der Waals surface area contributed by atoms with Gasteiger partial charge >= 0.3 is 5.97 Å². The first kappa shape index (κ1) is 77.9. The Bertz CT molecular complexity index is 1670. The number of esters is 1. The van der Waals surface area contributed by atoms with Crippen LogP contribution in [0.5, 0.6) is 0 Å². The summed E-state index contributed by atoms with van der Waals surface area (Å²) in [7, 11) is 0. The molecular formula is C72H127NO10. The fourth-order valence-corrected chi connectivity index (χ4v) is 10.3. The van der Waals surface area contributed by atoms with Gasteiger partial charge in [-0.2, -0.15) is 0 Å². The molecule has 8 atom stereocenters. The Morgan fingerprint density at radius 1 is 0.470 bits per heavy atom. The number of aliphatic hydroxyl groups is 5. The highest BCUT2D eigenvalue weighted by Gasteiger charge is 2.47. The summed E-state index contributed by atoms with van der Waals surface area (Å²) < 4.78 is 17.7. The summed E-state index contributed by atoms with van der Waals surface area (Å²) in [6.45, 7) is 5.74. The van der Waals surface area contributed by atoms with Crippen LogP contribution in [0, 0.1) is 0 Å².